The first kappa shape index (κ1) is 10.0. The Kier molecular flexibility index (Phi) is 2.82. The van der Waals surface area contributed by atoms with Gasteiger partial charge in [-0.15, -0.1) is 0 Å². The van der Waals surface area contributed by atoms with Gasteiger partial charge in [-0.2, -0.15) is 0 Å². The van der Waals surface area contributed by atoms with Crippen LogP contribution in [0.15, 0.2) is 28.7 Å². The number of hydrogen-bond donors (Lipinski definition) is 0. The SMILES string of the molecule is CC(C)C1CN(c2ccccc2Br)C1. The summed E-state index contributed by atoms with van der Waals surface area (Å²) in [4.78, 5) is 2.44. The summed E-state index contributed by atoms with van der Waals surface area (Å²) in [7, 11) is 0. The number of para-hydroxylation sites is 1. The van der Waals surface area contributed by atoms with Crippen molar-refractivity contribution in [2.24, 2.45) is 11.8 Å². The van der Waals surface area contributed by atoms with Crippen LogP contribution in [-0.2, 0) is 0 Å². The molecular weight excluding hydrogens is 238 g/mol. The minimum atomic E-state index is 0.814. The maximum atomic E-state index is 3.59. The normalized spacial score (nSPS) is 17.3. The van der Waals surface area contributed by atoms with Crippen LogP contribution in [0.4, 0.5) is 5.69 Å². The number of anilines is 1. The Labute approximate surface area is 94.2 Å². The summed E-state index contributed by atoms with van der Waals surface area (Å²) in [6.45, 7) is 7.03. The van der Waals surface area contributed by atoms with Crippen molar-refractivity contribution in [3.63, 3.8) is 0 Å². The van der Waals surface area contributed by atoms with Crippen LogP contribution >= 0.6 is 15.9 Å². The minimum Gasteiger partial charge on any atom is -0.370 e. The van der Waals surface area contributed by atoms with Gasteiger partial charge in [0.05, 0.1) is 5.69 Å². The average Bonchev–Trinajstić information content (AvgIpc) is 2.05. The van der Waals surface area contributed by atoms with E-state index >= 15 is 0 Å². The summed E-state index contributed by atoms with van der Waals surface area (Å²) >= 11 is 3.59. The molecule has 76 valence electrons. The molecule has 0 N–H and O–H groups in total. The van der Waals surface area contributed by atoms with Crippen LogP contribution in [0.25, 0.3) is 0 Å². The molecule has 1 fully saturated rings. The van der Waals surface area contributed by atoms with Gasteiger partial charge in [0.15, 0.2) is 0 Å². The fourth-order valence-corrected chi connectivity index (χ4v) is 2.37. The van der Waals surface area contributed by atoms with Crippen molar-refractivity contribution in [1.29, 1.82) is 0 Å². The standard InChI is InChI=1S/C12H16BrN/c1-9(2)10-7-14(8-10)12-6-4-3-5-11(12)13/h3-6,9-10H,7-8H2,1-2H3. The molecule has 1 aromatic rings. The molecule has 1 nitrogen and oxygen atoms in total. The molecule has 1 aliphatic heterocycles. The smallest absolute Gasteiger partial charge is 0.0510 e. The second-order valence-electron chi connectivity index (χ2n) is 4.36. The molecule has 0 bridgehead atoms. The fraction of sp³-hybridized carbons (Fsp3) is 0.500. The number of rotatable bonds is 2. The second-order valence-corrected chi connectivity index (χ2v) is 5.21. The summed E-state index contributed by atoms with van der Waals surface area (Å²) in [5.74, 6) is 1.69. The molecule has 2 rings (SSSR count). The molecule has 1 heterocycles. The Balaban J connectivity index is 2.03. The Morgan fingerprint density at radius 3 is 2.50 bits per heavy atom. The first-order chi connectivity index (χ1) is 6.68. The van der Waals surface area contributed by atoms with Gasteiger partial charge >= 0.3 is 0 Å². The van der Waals surface area contributed by atoms with Crippen LogP contribution in [-0.4, -0.2) is 13.1 Å². The lowest BCUT2D eigenvalue weighted by molar-refractivity contribution is 0.309. The van der Waals surface area contributed by atoms with E-state index in [9.17, 15) is 0 Å². The first-order valence-corrected chi connectivity index (χ1v) is 5.97. The lowest BCUT2D eigenvalue weighted by Crippen LogP contribution is -2.49. The van der Waals surface area contributed by atoms with E-state index in [1.54, 1.807) is 0 Å². The second kappa shape index (κ2) is 3.93. The first-order valence-electron chi connectivity index (χ1n) is 5.18. The van der Waals surface area contributed by atoms with Gasteiger partial charge in [-0.3, -0.25) is 0 Å². The Bertz CT molecular complexity index is 316. The van der Waals surface area contributed by atoms with Gasteiger partial charge in [-0.25, -0.2) is 0 Å². The molecule has 14 heavy (non-hydrogen) atoms. The van der Waals surface area contributed by atoms with E-state index in [4.69, 9.17) is 0 Å². The largest absolute Gasteiger partial charge is 0.370 e. The molecule has 0 amide bonds. The number of nitrogens with zero attached hydrogens (tertiary/aromatic N) is 1. The summed E-state index contributed by atoms with van der Waals surface area (Å²) in [6, 6.07) is 8.45. The van der Waals surface area contributed by atoms with Gasteiger partial charge in [0, 0.05) is 17.6 Å². The zero-order valence-electron chi connectivity index (χ0n) is 8.70. The molecule has 1 aliphatic rings. The minimum absolute atomic E-state index is 0.814. The summed E-state index contributed by atoms with van der Waals surface area (Å²) in [5.41, 5.74) is 1.34. The molecule has 0 atom stereocenters. The quantitative estimate of drug-likeness (QED) is 0.780. The van der Waals surface area contributed by atoms with Crippen LogP contribution < -0.4 is 4.90 Å². The van der Waals surface area contributed by atoms with Crippen LogP contribution in [0, 0.1) is 11.8 Å². The highest BCUT2D eigenvalue weighted by atomic mass is 79.9. The number of benzene rings is 1. The zero-order chi connectivity index (χ0) is 10.1. The van der Waals surface area contributed by atoms with Crippen LogP contribution in [0.5, 0.6) is 0 Å². The van der Waals surface area contributed by atoms with E-state index in [1.165, 1.54) is 23.2 Å². The third-order valence-electron chi connectivity index (χ3n) is 3.05. The van der Waals surface area contributed by atoms with E-state index in [-0.39, 0.29) is 0 Å². The van der Waals surface area contributed by atoms with Crippen molar-refractivity contribution in [2.75, 3.05) is 18.0 Å². The van der Waals surface area contributed by atoms with Gasteiger partial charge in [0.2, 0.25) is 0 Å². The third kappa shape index (κ3) is 1.81. The molecule has 0 aromatic heterocycles. The predicted octanol–water partition coefficient (Wildman–Crippen LogP) is 3.54. The lowest BCUT2D eigenvalue weighted by atomic mass is 9.88. The van der Waals surface area contributed by atoms with Crippen LogP contribution in [0.1, 0.15) is 13.8 Å². The van der Waals surface area contributed by atoms with Gasteiger partial charge in [0.25, 0.3) is 0 Å². The summed E-state index contributed by atoms with van der Waals surface area (Å²) < 4.78 is 1.21. The van der Waals surface area contributed by atoms with Gasteiger partial charge in [-0.1, -0.05) is 26.0 Å². The predicted molar refractivity (Wildman–Crippen MR) is 64.7 cm³/mol. The number of halogens is 1. The lowest BCUT2D eigenvalue weighted by Gasteiger charge is -2.43. The third-order valence-corrected chi connectivity index (χ3v) is 3.72. The van der Waals surface area contributed by atoms with Crippen molar-refractivity contribution in [3.8, 4) is 0 Å². The van der Waals surface area contributed by atoms with E-state index < -0.39 is 0 Å². The highest BCUT2D eigenvalue weighted by molar-refractivity contribution is 9.10. The van der Waals surface area contributed by atoms with Crippen molar-refractivity contribution in [3.05, 3.63) is 28.7 Å². The summed E-state index contributed by atoms with van der Waals surface area (Å²) in [6.07, 6.45) is 0. The molecule has 1 aromatic carbocycles. The van der Waals surface area contributed by atoms with Crippen molar-refractivity contribution >= 4 is 21.6 Å². The molecule has 0 radical (unpaired) electrons. The Morgan fingerprint density at radius 2 is 1.93 bits per heavy atom. The maximum Gasteiger partial charge on any atom is 0.0510 e. The molecular formula is C12H16BrN. The Morgan fingerprint density at radius 1 is 1.29 bits per heavy atom. The molecule has 1 saturated heterocycles. The average molecular weight is 254 g/mol. The van der Waals surface area contributed by atoms with E-state index in [2.05, 4.69) is 58.9 Å². The van der Waals surface area contributed by atoms with Gasteiger partial charge in [0.1, 0.15) is 0 Å². The zero-order valence-corrected chi connectivity index (χ0v) is 10.3. The molecule has 0 aliphatic carbocycles. The van der Waals surface area contributed by atoms with E-state index in [1.807, 2.05) is 0 Å². The van der Waals surface area contributed by atoms with Gasteiger partial charge in [-0.05, 0) is 39.9 Å². The van der Waals surface area contributed by atoms with E-state index in [0.29, 0.717) is 0 Å². The highest BCUT2D eigenvalue weighted by Gasteiger charge is 2.29. The van der Waals surface area contributed by atoms with Gasteiger partial charge < -0.3 is 4.90 Å². The molecule has 2 heteroatoms. The van der Waals surface area contributed by atoms with Crippen LogP contribution in [0.3, 0.4) is 0 Å². The Hall–Kier alpha value is -0.500. The summed E-state index contributed by atoms with van der Waals surface area (Å²) in [5, 5.41) is 0. The fourth-order valence-electron chi connectivity index (χ4n) is 1.84. The van der Waals surface area contributed by atoms with Crippen molar-refractivity contribution in [2.45, 2.75) is 13.8 Å². The molecule has 0 spiro atoms. The topological polar surface area (TPSA) is 3.24 Å². The van der Waals surface area contributed by atoms with E-state index in [0.717, 1.165) is 11.8 Å². The monoisotopic (exact) mass is 253 g/mol. The van der Waals surface area contributed by atoms with Crippen molar-refractivity contribution in [1.82, 2.24) is 0 Å². The van der Waals surface area contributed by atoms with Crippen LogP contribution in [0.2, 0.25) is 0 Å². The highest BCUT2D eigenvalue weighted by Crippen LogP contribution is 2.33. The maximum absolute atomic E-state index is 3.59. The van der Waals surface area contributed by atoms with Crippen molar-refractivity contribution < 1.29 is 0 Å². The number of hydrogen-bond acceptors (Lipinski definition) is 1. The molecule has 0 saturated carbocycles. The molecule has 0 unspecified atom stereocenters.